The normalized spacial score (nSPS) is 11.5. The number of anilines is 3. The van der Waals surface area contributed by atoms with E-state index in [0.29, 0.717) is 11.4 Å². The first-order valence-electron chi connectivity index (χ1n) is 17.1. The molecule has 0 amide bonds. The van der Waals surface area contributed by atoms with Crippen molar-refractivity contribution in [2.75, 3.05) is 4.90 Å². The van der Waals surface area contributed by atoms with E-state index in [9.17, 15) is 0 Å². The first kappa shape index (κ1) is 29.0. The predicted octanol–water partition coefficient (Wildman–Crippen LogP) is 12.3. The van der Waals surface area contributed by atoms with Crippen LogP contribution in [0, 0.1) is 0 Å². The number of hydrogen-bond donors (Lipinski definition) is 0. The van der Waals surface area contributed by atoms with E-state index in [1.807, 2.05) is 36.4 Å². The summed E-state index contributed by atoms with van der Waals surface area (Å²) in [6.45, 7) is 0. The number of aromatic nitrogens is 3. The summed E-state index contributed by atoms with van der Waals surface area (Å²) < 4.78 is 8.76. The van der Waals surface area contributed by atoms with E-state index in [1.54, 1.807) is 0 Å². The van der Waals surface area contributed by atoms with Crippen molar-refractivity contribution in [3.05, 3.63) is 182 Å². The Bertz CT molecular complexity index is 2800. The van der Waals surface area contributed by atoms with Crippen molar-refractivity contribution in [2.45, 2.75) is 0 Å². The van der Waals surface area contributed by atoms with Gasteiger partial charge in [-0.05, 0) is 78.9 Å². The van der Waals surface area contributed by atoms with Crippen LogP contribution in [0.4, 0.5) is 17.1 Å². The van der Waals surface area contributed by atoms with Crippen LogP contribution in [-0.4, -0.2) is 14.5 Å². The lowest BCUT2D eigenvalue weighted by atomic mass is 10.0. The second kappa shape index (κ2) is 11.9. The third kappa shape index (κ3) is 4.78. The summed E-state index contributed by atoms with van der Waals surface area (Å²) in [6, 6.07) is 63.2. The van der Waals surface area contributed by atoms with Crippen LogP contribution in [0.25, 0.3) is 72.2 Å². The Morgan fingerprint density at radius 2 is 1.14 bits per heavy atom. The Hall–Kier alpha value is -6.98. The zero-order valence-corrected chi connectivity index (χ0v) is 27.5. The van der Waals surface area contributed by atoms with Crippen LogP contribution in [0.5, 0.6) is 0 Å². The summed E-state index contributed by atoms with van der Waals surface area (Å²) in [5.74, 6) is 0.649. The molecule has 7 aromatic carbocycles. The minimum atomic E-state index is 0.649. The van der Waals surface area contributed by atoms with Crippen molar-refractivity contribution >= 4 is 60.9 Å². The molecule has 240 valence electrons. The second-order valence-electron chi connectivity index (χ2n) is 12.6. The molecule has 0 atom stereocenters. The van der Waals surface area contributed by atoms with E-state index < -0.39 is 0 Å². The predicted molar refractivity (Wildman–Crippen MR) is 209 cm³/mol. The van der Waals surface area contributed by atoms with Crippen molar-refractivity contribution in [1.82, 2.24) is 14.5 Å². The van der Waals surface area contributed by atoms with E-state index in [4.69, 9.17) is 14.4 Å². The van der Waals surface area contributed by atoms with Gasteiger partial charge >= 0.3 is 0 Å². The third-order valence-corrected chi connectivity index (χ3v) is 9.58. The molecule has 0 unspecified atom stereocenters. The molecule has 0 saturated heterocycles. The zero-order chi connectivity index (χ0) is 33.7. The molecule has 0 aliphatic rings. The highest BCUT2D eigenvalue weighted by atomic mass is 16.3. The average Bonchev–Trinajstić information content (AvgIpc) is 3.75. The smallest absolute Gasteiger partial charge is 0.180 e. The van der Waals surface area contributed by atoms with Gasteiger partial charge in [-0.1, -0.05) is 103 Å². The highest BCUT2D eigenvalue weighted by Gasteiger charge is 2.23. The number of rotatable bonds is 6. The Kier molecular flexibility index (Phi) is 6.74. The van der Waals surface area contributed by atoms with Crippen LogP contribution >= 0.6 is 0 Å². The van der Waals surface area contributed by atoms with Crippen LogP contribution in [0.1, 0.15) is 0 Å². The molecule has 3 heterocycles. The van der Waals surface area contributed by atoms with Gasteiger partial charge in [-0.15, -0.1) is 0 Å². The van der Waals surface area contributed by atoms with E-state index >= 15 is 0 Å². The Morgan fingerprint density at radius 3 is 1.86 bits per heavy atom. The van der Waals surface area contributed by atoms with Crippen molar-refractivity contribution in [3.8, 4) is 28.3 Å². The molecule has 0 fully saturated rings. The molecule has 0 saturated carbocycles. The molecule has 0 spiro atoms. The summed E-state index contributed by atoms with van der Waals surface area (Å²) in [5, 5.41) is 3.23. The standard InChI is InChI=1S/C46H30N4O/c1-5-16-31(17-6-1)43-45-44(36-24-13-14-27-41(36)51-45)48-46(47-43)32-28-29-38-37(30-32)42-39(25-15-26-40(42)50(38)35-22-11-4-12-23-35)49(33-18-7-2-8-19-33)34-20-9-3-10-21-34/h1-30H. The maximum atomic E-state index is 6.40. The van der Waals surface area contributed by atoms with Crippen LogP contribution in [0.3, 0.4) is 0 Å². The molecule has 0 radical (unpaired) electrons. The molecule has 0 aliphatic carbocycles. The van der Waals surface area contributed by atoms with Gasteiger partial charge in [-0.25, -0.2) is 9.97 Å². The largest absolute Gasteiger partial charge is 0.452 e. The van der Waals surface area contributed by atoms with Crippen molar-refractivity contribution in [2.24, 2.45) is 0 Å². The monoisotopic (exact) mass is 654 g/mol. The average molecular weight is 655 g/mol. The number of furan rings is 1. The van der Waals surface area contributed by atoms with E-state index in [0.717, 1.165) is 77.9 Å². The highest BCUT2D eigenvalue weighted by Crippen LogP contribution is 2.45. The van der Waals surface area contributed by atoms with Crippen LogP contribution in [-0.2, 0) is 0 Å². The summed E-state index contributed by atoms with van der Waals surface area (Å²) >= 11 is 0. The summed E-state index contributed by atoms with van der Waals surface area (Å²) in [6.07, 6.45) is 0. The first-order chi connectivity index (χ1) is 25.3. The molecule has 10 aromatic rings. The van der Waals surface area contributed by atoms with Crippen LogP contribution in [0.2, 0.25) is 0 Å². The van der Waals surface area contributed by atoms with E-state index in [1.165, 1.54) is 0 Å². The van der Waals surface area contributed by atoms with Gasteiger partial charge in [-0.3, -0.25) is 0 Å². The molecule has 10 rings (SSSR count). The number of fused-ring (bicyclic) bond motifs is 6. The Balaban J connectivity index is 1.28. The molecule has 0 aliphatic heterocycles. The van der Waals surface area contributed by atoms with Crippen molar-refractivity contribution < 1.29 is 4.42 Å². The molecule has 5 heteroatoms. The minimum absolute atomic E-state index is 0.649. The zero-order valence-electron chi connectivity index (χ0n) is 27.5. The number of nitrogens with zero attached hydrogens (tertiary/aromatic N) is 4. The van der Waals surface area contributed by atoms with Crippen LogP contribution < -0.4 is 4.90 Å². The lowest BCUT2D eigenvalue weighted by molar-refractivity contribution is 0.667. The molecular formula is C46H30N4O. The van der Waals surface area contributed by atoms with Gasteiger partial charge in [0.15, 0.2) is 11.4 Å². The maximum Gasteiger partial charge on any atom is 0.180 e. The van der Waals surface area contributed by atoms with Gasteiger partial charge in [0.25, 0.3) is 0 Å². The van der Waals surface area contributed by atoms with Gasteiger partial charge < -0.3 is 13.9 Å². The van der Waals surface area contributed by atoms with Crippen molar-refractivity contribution in [3.63, 3.8) is 0 Å². The van der Waals surface area contributed by atoms with Gasteiger partial charge in [-0.2, -0.15) is 0 Å². The van der Waals surface area contributed by atoms with E-state index in [2.05, 4.69) is 155 Å². The third-order valence-electron chi connectivity index (χ3n) is 9.58. The van der Waals surface area contributed by atoms with Gasteiger partial charge in [0.2, 0.25) is 0 Å². The summed E-state index contributed by atoms with van der Waals surface area (Å²) in [5.41, 5.74) is 11.6. The van der Waals surface area contributed by atoms with Crippen LogP contribution in [0.15, 0.2) is 186 Å². The molecular weight excluding hydrogens is 625 g/mol. The quantitative estimate of drug-likeness (QED) is 0.179. The SMILES string of the molecule is c1ccc(-c2nc(-c3ccc4c(c3)c3c(N(c5ccccc5)c5ccccc5)cccc3n4-c3ccccc3)nc3c2oc2ccccc23)cc1. The highest BCUT2D eigenvalue weighted by molar-refractivity contribution is 6.17. The van der Waals surface area contributed by atoms with Gasteiger partial charge in [0.1, 0.15) is 16.8 Å². The fourth-order valence-corrected chi connectivity index (χ4v) is 7.33. The molecule has 3 aromatic heterocycles. The lowest BCUT2D eigenvalue weighted by Gasteiger charge is -2.26. The summed E-state index contributed by atoms with van der Waals surface area (Å²) in [7, 11) is 0. The lowest BCUT2D eigenvalue weighted by Crippen LogP contribution is -2.10. The molecule has 0 bridgehead atoms. The topological polar surface area (TPSA) is 47.1 Å². The van der Waals surface area contributed by atoms with E-state index in [-0.39, 0.29) is 0 Å². The maximum absolute atomic E-state index is 6.40. The fourth-order valence-electron chi connectivity index (χ4n) is 7.33. The molecule has 0 N–H and O–H groups in total. The number of hydrogen-bond acceptors (Lipinski definition) is 4. The van der Waals surface area contributed by atoms with Gasteiger partial charge in [0, 0.05) is 44.3 Å². The number of para-hydroxylation sites is 4. The Morgan fingerprint density at radius 1 is 0.490 bits per heavy atom. The van der Waals surface area contributed by atoms with Crippen molar-refractivity contribution in [1.29, 1.82) is 0 Å². The minimum Gasteiger partial charge on any atom is -0.452 e. The number of benzene rings is 7. The second-order valence-corrected chi connectivity index (χ2v) is 12.6. The summed E-state index contributed by atoms with van der Waals surface area (Å²) in [4.78, 5) is 12.8. The molecule has 5 nitrogen and oxygen atoms in total. The molecule has 51 heavy (non-hydrogen) atoms. The fraction of sp³-hybridized carbons (Fsp3) is 0. The Labute approximate surface area is 294 Å². The van der Waals surface area contributed by atoms with Gasteiger partial charge in [0.05, 0.1) is 16.7 Å². The first-order valence-corrected chi connectivity index (χ1v) is 17.1.